The van der Waals surface area contributed by atoms with E-state index in [0.717, 1.165) is 5.56 Å². The van der Waals surface area contributed by atoms with Gasteiger partial charge in [-0.1, -0.05) is 47.6 Å². The van der Waals surface area contributed by atoms with E-state index < -0.39 is 12.0 Å². The number of rotatable bonds is 7. The third kappa shape index (κ3) is 4.77. The van der Waals surface area contributed by atoms with Crippen LogP contribution in [0.2, 0.25) is 0 Å². The van der Waals surface area contributed by atoms with Gasteiger partial charge < -0.3 is 14.2 Å². The number of hydrogen-bond donors (Lipinski definition) is 0. The molecule has 0 aliphatic carbocycles. The van der Waals surface area contributed by atoms with Gasteiger partial charge in [0.05, 0.1) is 29.5 Å². The first kappa shape index (κ1) is 24.0. The molecular formula is C27H24N2O5S. The average Bonchev–Trinajstić information content (AvgIpc) is 3.17. The fraction of sp³-hybridized carbons (Fsp3) is 0.222. The minimum absolute atomic E-state index is 0.184. The van der Waals surface area contributed by atoms with Gasteiger partial charge in [0.25, 0.3) is 5.56 Å². The van der Waals surface area contributed by atoms with Crippen molar-refractivity contribution in [3.8, 4) is 23.8 Å². The summed E-state index contributed by atoms with van der Waals surface area (Å²) in [4.78, 5) is 31.7. The number of carbonyl (C=O) groups is 1. The first-order valence-electron chi connectivity index (χ1n) is 11.0. The van der Waals surface area contributed by atoms with Crippen LogP contribution in [0.15, 0.2) is 69.6 Å². The summed E-state index contributed by atoms with van der Waals surface area (Å²) in [6.07, 6.45) is 7.02. The molecule has 35 heavy (non-hydrogen) atoms. The molecule has 0 unspecified atom stereocenters. The van der Waals surface area contributed by atoms with Gasteiger partial charge in [0.1, 0.15) is 24.1 Å². The number of para-hydroxylation sites is 1. The highest BCUT2D eigenvalue weighted by Crippen LogP contribution is 2.35. The van der Waals surface area contributed by atoms with Crippen LogP contribution in [0.4, 0.5) is 0 Å². The lowest BCUT2D eigenvalue weighted by Gasteiger charge is -2.25. The highest BCUT2D eigenvalue weighted by atomic mass is 32.1. The molecule has 4 rings (SSSR count). The Kier molecular flexibility index (Phi) is 7.18. The summed E-state index contributed by atoms with van der Waals surface area (Å²) < 4.78 is 18.3. The van der Waals surface area contributed by atoms with Crippen LogP contribution in [-0.4, -0.2) is 30.9 Å². The molecule has 0 spiro atoms. The van der Waals surface area contributed by atoms with Gasteiger partial charge in [-0.15, -0.1) is 6.42 Å². The van der Waals surface area contributed by atoms with Gasteiger partial charge in [0, 0.05) is 5.56 Å². The standard InChI is InChI=1S/C27H24N2O5S/c1-5-15-34-19-13-11-18(12-14-19)16-22-25(30)29-24(20-9-7-8-10-21(20)32-4)23(26(31)33-6-2)17(3)28-27(29)35-22/h1,7-14,16,24H,6,15H2,2-4H3/b22-16+/t24-/m0/s1. The summed E-state index contributed by atoms with van der Waals surface area (Å²) in [6.45, 7) is 3.88. The topological polar surface area (TPSA) is 79.1 Å². The van der Waals surface area contributed by atoms with E-state index in [4.69, 9.17) is 20.6 Å². The van der Waals surface area contributed by atoms with Gasteiger partial charge in [0.15, 0.2) is 4.80 Å². The second kappa shape index (κ2) is 10.5. The number of fused-ring (bicyclic) bond motifs is 1. The normalized spacial score (nSPS) is 15.1. The van der Waals surface area contributed by atoms with E-state index in [1.54, 1.807) is 45.2 Å². The van der Waals surface area contributed by atoms with Crippen LogP contribution in [0.3, 0.4) is 0 Å². The van der Waals surface area contributed by atoms with Crippen molar-refractivity contribution in [2.45, 2.75) is 19.9 Å². The number of allylic oxidation sites excluding steroid dienone is 1. The Bertz CT molecular complexity index is 1510. The quantitative estimate of drug-likeness (QED) is 0.378. The Hall–Kier alpha value is -4.09. The first-order chi connectivity index (χ1) is 17.0. The number of benzene rings is 2. The van der Waals surface area contributed by atoms with E-state index in [0.29, 0.717) is 37.7 Å². The first-order valence-corrected chi connectivity index (χ1v) is 11.8. The zero-order valence-corrected chi connectivity index (χ0v) is 20.4. The summed E-state index contributed by atoms with van der Waals surface area (Å²) in [5.74, 6) is 3.12. The number of aromatic nitrogens is 1. The lowest BCUT2D eigenvalue weighted by atomic mass is 9.95. The monoisotopic (exact) mass is 488 g/mol. The highest BCUT2D eigenvalue weighted by molar-refractivity contribution is 7.07. The molecule has 0 bridgehead atoms. The van der Waals surface area contributed by atoms with Crippen molar-refractivity contribution < 1.29 is 19.0 Å². The lowest BCUT2D eigenvalue weighted by Crippen LogP contribution is -2.40. The van der Waals surface area contributed by atoms with Crippen molar-refractivity contribution in [1.29, 1.82) is 0 Å². The molecule has 0 saturated carbocycles. The number of methoxy groups -OCH3 is 1. The largest absolute Gasteiger partial charge is 0.496 e. The van der Waals surface area contributed by atoms with Crippen molar-refractivity contribution >= 4 is 23.4 Å². The molecule has 1 aromatic heterocycles. The Morgan fingerprint density at radius 1 is 1.23 bits per heavy atom. The van der Waals surface area contributed by atoms with Crippen LogP contribution in [0.5, 0.6) is 11.5 Å². The number of ether oxygens (including phenoxy) is 3. The lowest BCUT2D eigenvalue weighted by molar-refractivity contribution is -0.139. The fourth-order valence-corrected chi connectivity index (χ4v) is 4.96. The maximum atomic E-state index is 13.7. The van der Waals surface area contributed by atoms with Gasteiger partial charge in [-0.3, -0.25) is 9.36 Å². The van der Waals surface area contributed by atoms with Gasteiger partial charge in [0.2, 0.25) is 0 Å². The third-order valence-corrected chi connectivity index (χ3v) is 6.43. The molecule has 1 aliphatic rings. The van der Waals surface area contributed by atoms with Crippen LogP contribution in [0, 0.1) is 12.3 Å². The number of hydrogen-bond acceptors (Lipinski definition) is 7. The molecule has 0 amide bonds. The summed E-state index contributed by atoms with van der Waals surface area (Å²) in [5.41, 5.74) is 2.05. The molecule has 0 N–H and O–H groups in total. The number of thiazole rings is 1. The molecule has 2 aromatic carbocycles. The Labute approximate surface area is 206 Å². The van der Waals surface area contributed by atoms with Crippen LogP contribution in [0.1, 0.15) is 31.0 Å². The molecule has 3 aromatic rings. The molecule has 1 atom stereocenters. The zero-order valence-electron chi connectivity index (χ0n) is 19.6. The summed E-state index contributed by atoms with van der Waals surface area (Å²) >= 11 is 1.26. The van der Waals surface area contributed by atoms with E-state index in [9.17, 15) is 9.59 Å². The van der Waals surface area contributed by atoms with Gasteiger partial charge in [-0.05, 0) is 43.7 Å². The van der Waals surface area contributed by atoms with E-state index in [-0.39, 0.29) is 18.8 Å². The van der Waals surface area contributed by atoms with E-state index >= 15 is 0 Å². The molecule has 0 fully saturated rings. The Morgan fingerprint density at radius 3 is 2.66 bits per heavy atom. The molecule has 2 heterocycles. The SMILES string of the molecule is C#CCOc1ccc(/C=c2/sc3n(c2=O)[C@@H](c2ccccc2OC)C(C(=O)OCC)=C(C)N=3)cc1. The average molecular weight is 489 g/mol. The maximum absolute atomic E-state index is 13.7. The zero-order chi connectivity index (χ0) is 24.9. The van der Waals surface area contributed by atoms with Gasteiger partial charge >= 0.3 is 5.97 Å². The summed E-state index contributed by atoms with van der Waals surface area (Å²) in [7, 11) is 1.56. The van der Waals surface area contributed by atoms with E-state index in [1.165, 1.54) is 15.9 Å². The van der Waals surface area contributed by atoms with E-state index in [2.05, 4.69) is 10.9 Å². The van der Waals surface area contributed by atoms with Crippen LogP contribution >= 0.6 is 11.3 Å². The van der Waals surface area contributed by atoms with Crippen molar-refractivity contribution in [2.24, 2.45) is 4.99 Å². The number of nitrogens with zero attached hydrogens (tertiary/aromatic N) is 2. The maximum Gasteiger partial charge on any atom is 0.338 e. The van der Waals surface area contributed by atoms with Crippen molar-refractivity contribution in [2.75, 3.05) is 20.3 Å². The third-order valence-electron chi connectivity index (χ3n) is 5.45. The number of terminal acetylenes is 1. The summed E-state index contributed by atoms with van der Waals surface area (Å²) in [6, 6.07) is 13.9. The second-order valence-electron chi connectivity index (χ2n) is 7.61. The molecule has 8 heteroatoms. The molecule has 7 nitrogen and oxygen atoms in total. The number of esters is 1. The van der Waals surface area contributed by atoms with Crippen molar-refractivity contribution in [1.82, 2.24) is 4.57 Å². The van der Waals surface area contributed by atoms with Crippen molar-refractivity contribution in [3.63, 3.8) is 0 Å². The molecule has 0 saturated heterocycles. The Morgan fingerprint density at radius 2 is 1.97 bits per heavy atom. The molecule has 0 radical (unpaired) electrons. The smallest absolute Gasteiger partial charge is 0.338 e. The molecule has 1 aliphatic heterocycles. The fourth-order valence-electron chi connectivity index (χ4n) is 3.91. The van der Waals surface area contributed by atoms with Gasteiger partial charge in [-0.2, -0.15) is 0 Å². The van der Waals surface area contributed by atoms with Crippen molar-refractivity contribution in [3.05, 3.63) is 90.6 Å². The predicted octanol–water partition coefficient (Wildman–Crippen LogP) is 2.82. The minimum atomic E-state index is -0.733. The second-order valence-corrected chi connectivity index (χ2v) is 8.62. The van der Waals surface area contributed by atoms with Gasteiger partial charge in [-0.25, -0.2) is 9.79 Å². The van der Waals surface area contributed by atoms with Crippen LogP contribution in [-0.2, 0) is 9.53 Å². The Balaban J connectivity index is 1.88. The molecular weight excluding hydrogens is 464 g/mol. The van der Waals surface area contributed by atoms with Crippen LogP contribution < -0.4 is 24.4 Å². The molecule has 178 valence electrons. The van der Waals surface area contributed by atoms with E-state index in [1.807, 2.05) is 30.3 Å². The predicted molar refractivity (Wildman–Crippen MR) is 134 cm³/mol. The van der Waals surface area contributed by atoms with Crippen LogP contribution in [0.25, 0.3) is 6.08 Å². The number of carbonyl (C=O) groups excluding carboxylic acids is 1. The highest BCUT2D eigenvalue weighted by Gasteiger charge is 2.34. The minimum Gasteiger partial charge on any atom is -0.496 e. The summed E-state index contributed by atoms with van der Waals surface area (Å²) in [5, 5.41) is 0.